The van der Waals surface area contributed by atoms with Crippen molar-refractivity contribution in [2.24, 2.45) is 11.8 Å². The van der Waals surface area contributed by atoms with Gasteiger partial charge in [-0.05, 0) is 19.9 Å². The number of alkyl halides is 2. The number of halogens is 2. The number of rotatable bonds is 2. The maximum atomic E-state index is 13.1. The minimum absolute atomic E-state index is 0.327. The highest BCUT2D eigenvalue weighted by Gasteiger charge is 2.72. The van der Waals surface area contributed by atoms with E-state index in [4.69, 9.17) is 0 Å². The second-order valence-corrected chi connectivity index (χ2v) is 5.59. The first-order valence-electron chi connectivity index (χ1n) is 6.43. The summed E-state index contributed by atoms with van der Waals surface area (Å²) in [6.07, 6.45) is 4.91. The van der Waals surface area contributed by atoms with Crippen LogP contribution in [0.4, 0.5) is 8.78 Å². The van der Waals surface area contributed by atoms with Crippen LogP contribution in [0.3, 0.4) is 0 Å². The average Bonchev–Trinajstić information content (AvgIpc) is 2.72. The van der Waals surface area contributed by atoms with Crippen LogP contribution in [0.1, 0.15) is 25.7 Å². The molecular formula is C12H20F2N2. The number of hydrogen-bond donors (Lipinski definition) is 1. The van der Waals surface area contributed by atoms with Gasteiger partial charge in [0.15, 0.2) is 0 Å². The lowest BCUT2D eigenvalue weighted by molar-refractivity contribution is 0.0330. The van der Waals surface area contributed by atoms with Crippen molar-refractivity contribution in [2.75, 3.05) is 20.1 Å². The topological polar surface area (TPSA) is 15.3 Å². The number of likely N-dealkylation sites (N-methyl/N-ethyl adjacent to an activating group) is 1. The quantitative estimate of drug-likeness (QED) is 0.777. The van der Waals surface area contributed by atoms with Crippen molar-refractivity contribution < 1.29 is 8.78 Å². The first-order chi connectivity index (χ1) is 7.64. The third-order valence-corrected chi connectivity index (χ3v) is 4.80. The Morgan fingerprint density at radius 3 is 2.38 bits per heavy atom. The molecule has 1 saturated heterocycles. The molecule has 1 N–H and O–H groups in total. The molecule has 92 valence electrons. The molecule has 1 aliphatic heterocycles. The summed E-state index contributed by atoms with van der Waals surface area (Å²) in [5, 5.41) is 3.35. The van der Waals surface area contributed by atoms with Gasteiger partial charge >= 0.3 is 0 Å². The Morgan fingerprint density at radius 2 is 1.75 bits per heavy atom. The summed E-state index contributed by atoms with van der Waals surface area (Å²) in [6.45, 7) is 1.25. The molecule has 0 spiro atoms. The smallest absolute Gasteiger partial charge is 0.257 e. The van der Waals surface area contributed by atoms with Crippen LogP contribution < -0.4 is 5.32 Å². The molecule has 0 aromatic rings. The number of fused-ring (bicyclic) bond motifs is 1. The van der Waals surface area contributed by atoms with E-state index in [1.807, 2.05) is 7.05 Å². The van der Waals surface area contributed by atoms with Gasteiger partial charge in [0.25, 0.3) is 5.92 Å². The van der Waals surface area contributed by atoms with Crippen LogP contribution in [0.2, 0.25) is 0 Å². The molecule has 0 aromatic carbocycles. The highest BCUT2D eigenvalue weighted by atomic mass is 19.3. The van der Waals surface area contributed by atoms with Gasteiger partial charge < -0.3 is 5.32 Å². The summed E-state index contributed by atoms with van der Waals surface area (Å²) in [4.78, 5) is 2.31. The highest BCUT2D eigenvalue weighted by molar-refractivity contribution is 5.13. The lowest BCUT2D eigenvalue weighted by Crippen LogP contribution is -2.51. The standard InChI is InChI=1S/C12H20F2N2/c1-15-10-4-2-3-5-11(10)16-6-8-9(7-16)12(8,13)14/h8-11,15H,2-7H2,1H3/t8?,9?,10-,11-/m1/s1. The zero-order chi connectivity index (χ0) is 11.3. The highest BCUT2D eigenvalue weighted by Crippen LogP contribution is 2.59. The van der Waals surface area contributed by atoms with Crippen LogP contribution in [-0.2, 0) is 0 Å². The molecule has 2 unspecified atom stereocenters. The van der Waals surface area contributed by atoms with E-state index in [1.54, 1.807) is 0 Å². The third-order valence-electron chi connectivity index (χ3n) is 4.80. The minimum atomic E-state index is -2.33. The molecule has 4 atom stereocenters. The van der Waals surface area contributed by atoms with E-state index in [-0.39, 0.29) is 11.8 Å². The van der Waals surface area contributed by atoms with Gasteiger partial charge in [-0.2, -0.15) is 0 Å². The predicted octanol–water partition coefficient (Wildman–Crippen LogP) is 1.71. The van der Waals surface area contributed by atoms with E-state index in [2.05, 4.69) is 10.2 Å². The Bertz CT molecular complexity index is 268. The summed E-state index contributed by atoms with van der Waals surface area (Å²) in [7, 11) is 1.99. The molecule has 3 rings (SSSR count). The fraction of sp³-hybridized carbons (Fsp3) is 1.00. The molecule has 16 heavy (non-hydrogen) atoms. The van der Waals surface area contributed by atoms with Crippen molar-refractivity contribution in [1.82, 2.24) is 10.2 Å². The van der Waals surface area contributed by atoms with Crippen LogP contribution in [0.25, 0.3) is 0 Å². The number of nitrogens with one attached hydrogen (secondary N) is 1. The van der Waals surface area contributed by atoms with Crippen molar-refractivity contribution in [2.45, 2.75) is 43.7 Å². The van der Waals surface area contributed by atoms with Crippen molar-refractivity contribution in [3.63, 3.8) is 0 Å². The average molecular weight is 230 g/mol. The summed E-state index contributed by atoms with van der Waals surface area (Å²) in [6, 6.07) is 1.02. The normalized spacial score (nSPS) is 46.7. The number of likely N-dealkylation sites (tertiary alicyclic amines) is 1. The second kappa shape index (κ2) is 3.64. The molecule has 2 aliphatic carbocycles. The molecule has 0 amide bonds. The Morgan fingerprint density at radius 1 is 1.12 bits per heavy atom. The van der Waals surface area contributed by atoms with Crippen LogP contribution in [-0.4, -0.2) is 43.0 Å². The van der Waals surface area contributed by atoms with Gasteiger partial charge in [-0.25, -0.2) is 8.78 Å². The lowest BCUT2D eigenvalue weighted by atomic mass is 9.89. The fourth-order valence-electron chi connectivity index (χ4n) is 3.69. The van der Waals surface area contributed by atoms with Crippen molar-refractivity contribution in [1.29, 1.82) is 0 Å². The van der Waals surface area contributed by atoms with Gasteiger partial charge in [-0.1, -0.05) is 12.8 Å². The van der Waals surface area contributed by atoms with Crippen LogP contribution in [0.5, 0.6) is 0 Å². The Hall–Kier alpha value is -0.220. The molecule has 0 aromatic heterocycles. The Kier molecular flexibility index (Phi) is 2.48. The van der Waals surface area contributed by atoms with Gasteiger partial charge in [0.1, 0.15) is 0 Å². The van der Waals surface area contributed by atoms with Gasteiger partial charge in [-0.15, -0.1) is 0 Å². The lowest BCUT2D eigenvalue weighted by Gasteiger charge is -2.39. The molecule has 4 heteroatoms. The van der Waals surface area contributed by atoms with Gasteiger partial charge in [0.05, 0.1) is 0 Å². The summed E-state index contributed by atoms with van der Waals surface area (Å²) < 4.78 is 26.2. The fourth-order valence-corrected chi connectivity index (χ4v) is 3.69. The van der Waals surface area contributed by atoms with E-state index >= 15 is 0 Å². The SMILES string of the molecule is CN[C@@H]1CCCC[C@H]1N1CC2C(C1)C2(F)F. The molecule has 3 aliphatic rings. The van der Waals surface area contributed by atoms with Crippen molar-refractivity contribution >= 4 is 0 Å². The van der Waals surface area contributed by atoms with Crippen LogP contribution in [0.15, 0.2) is 0 Å². The monoisotopic (exact) mass is 230 g/mol. The molecule has 0 bridgehead atoms. The molecule has 0 radical (unpaired) electrons. The van der Waals surface area contributed by atoms with E-state index in [9.17, 15) is 8.78 Å². The van der Waals surface area contributed by atoms with Gasteiger partial charge in [0, 0.05) is 37.0 Å². The Balaban J connectivity index is 1.62. The van der Waals surface area contributed by atoms with Crippen molar-refractivity contribution in [3.05, 3.63) is 0 Å². The summed E-state index contributed by atoms with van der Waals surface area (Å²) in [5.41, 5.74) is 0. The largest absolute Gasteiger partial charge is 0.315 e. The first kappa shape index (κ1) is 10.9. The molecular weight excluding hydrogens is 210 g/mol. The summed E-state index contributed by atoms with van der Waals surface area (Å²) >= 11 is 0. The minimum Gasteiger partial charge on any atom is -0.315 e. The van der Waals surface area contributed by atoms with E-state index in [0.717, 1.165) is 0 Å². The van der Waals surface area contributed by atoms with Gasteiger partial charge in [0.2, 0.25) is 0 Å². The maximum absolute atomic E-state index is 13.1. The number of piperidine rings is 1. The predicted molar refractivity (Wildman–Crippen MR) is 58.6 cm³/mol. The second-order valence-electron chi connectivity index (χ2n) is 5.59. The molecule has 2 saturated carbocycles. The maximum Gasteiger partial charge on any atom is 0.257 e. The molecule has 2 nitrogen and oxygen atoms in total. The molecule has 1 heterocycles. The number of nitrogens with zero attached hydrogens (tertiary/aromatic N) is 1. The van der Waals surface area contributed by atoms with Crippen molar-refractivity contribution in [3.8, 4) is 0 Å². The van der Waals surface area contributed by atoms with E-state index in [1.165, 1.54) is 25.7 Å². The van der Waals surface area contributed by atoms with Crippen LogP contribution in [0, 0.1) is 11.8 Å². The molecule has 3 fully saturated rings. The Labute approximate surface area is 95.4 Å². The van der Waals surface area contributed by atoms with Crippen LogP contribution >= 0.6 is 0 Å². The first-order valence-corrected chi connectivity index (χ1v) is 6.43. The van der Waals surface area contributed by atoms with E-state index in [0.29, 0.717) is 25.2 Å². The van der Waals surface area contributed by atoms with E-state index < -0.39 is 5.92 Å². The zero-order valence-corrected chi connectivity index (χ0v) is 9.76. The third kappa shape index (κ3) is 1.50. The summed E-state index contributed by atoms with van der Waals surface area (Å²) in [5.74, 6) is -2.99. The number of hydrogen-bond acceptors (Lipinski definition) is 2. The zero-order valence-electron chi connectivity index (χ0n) is 9.76. The van der Waals surface area contributed by atoms with Gasteiger partial charge in [-0.3, -0.25) is 4.90 Å².